The molecule has 0 aromatic heterocycles. The summed E-state index contributed by atoms with van der Waals surface area (Å²) >= 11 is 4.85. The van der Waals surface area contributed by atoms with E-state index in [-0.39, 0.29) is 12.1 Å². The van der Waals surface area contributed by atoms with Gasteiger partial charge in [-0.3, -0.25) is 0 Å². The van der Waals surface area contributed by atoms with E-state index >= 15 is 0 Å². The van der Waals surface area contributed by atoms with Crippen molar-refractivity contribution < 1.29 is 9.53 Å². The second kappa shape index (κ2) is 9.14. The summed E-state index contributed by atoms with van der Waals surface area (Å²) in [5.41, 5.74) is 0. The van der Waals surface area contributed by atoms with Gasteiger partial charge in [-0.25, -0.2) is 4.79 Å². The van der Waals surface area contributed by atoms with Crippen molar-refractivity contribution in [3.05, 3.63) is 12.7 Å². The predicted octanol–water partition coefficient (Wildman–Crippen LogP) is 3.16. The molecule has 1 unspecified atom stereocenters. The summed E-state index contributed by atoms with van der Waals surface area (Å²) in [6.45, 7) is 5.28. The average molecular weight is 436 g/mol. The topological polar surface area (TPSA) is 26.3 Å². The van der Waals surface area contributed by atoms with Crippen molar-refractivity contribution in [1.82, 2.24) is 0 Å². The highest BCUT2D eigenvalue weighted by Gasteiger charge is 2.06. The Kier molecular flexibility index (Phi) is 9.72. The van der Waals surface area contributed by atoms with Gasteiger partial charge >= 0.3 is 5.97 Å². The fourth-order valence-electron chi connectivity index (χ4n) is 0.906. The zero-order valence-electron chi connectivity index (χ0n) is 8.13. The Bertz CT molecular complexity index is 186. The maximum Gasteiger partial charge on any atom is 0.330 e. The number of rotatable bonds is 7. The normalized spacial score (nSPS) is 12.6. The first kappa shape index (κ1) is 14.9. The fraction of sp³-hybridized carbons (Fsp3) is 0.667. The van der Waals surface area contributed by atoms with E-state index in [2.05, 4.69) is 51.8 Å². The Labute approximate surface area is 115 Å². The molecule has 0 saturated carbocycles. The highest BCUT2D eigenvalue weighted by molar-refractivity contribution is 14.2. The molecule has 2 radical (unpaired) electrons. The smallest absolute Gasteiger partial charge is 0.330 e. The Morgan fingerprint density at radius 2 is 2.29 bits per heavy atom. The number of carbonyl (C=O) groups excluding carboxylic acids is 1. The van der Waals surface area contributed by atoms with Gasteiger partial charge in [-0.2, -0.15) is 0 Å². The average Bonchev–Trinajstić information content (AvgIpc) is 2.12. The molecule has 0 aliphatic carbocycles. The van der Waals surface area contributed by atoms with Gasteiger partial charge < -0.3 is 4.74 Å². The minimum absolute atomic E-state index is 0.0205. The largest absolute Gasteiger partial charge is 0.460 e. The van der Waals surface area contributed by atoms with Crippen LogP contribution in [0.2, 0.25) is 6.04 Å². The lowest BCUT2D eigenvalue weighted by Gasteiger charge is -2.11. The summed E-state index contributed by atoms with van der Waals surface area (Å²) in [7, 11) is 0.997. The molecule has 0 amide bonds. The van der Waals surface area contributed by atoms with Crippen LogP contribution in [-0.4, -0.2) is 23.1 Å². The minimum Gasteiger partial charge on any atom is -0.460 e. The highest BCUT2D eigenvalue weighted by Crippen LogP contribution is 2.12. The summed E-state index contributed by atoms with van der Waals surface area (Å²) in [6, 6.07) is 1.23. The van der Waals surface area contributed by atoms with Crippen LogP contribution in [0.15, 0.2) is 12.7 Å². The zero-order valence-corrected chi connectivity index (χ0v) is 13.4. The summed E-state index contributed by atoms with van der Waals surface area (Å²) in [6.07, 6.45) is 3.32. The number of carbonyl (C=O) groups is 1. The molecule has 0 saturated heterocycles. The van der Waals surface area contributed by atoms with Crippen molar-refractivity contribution in [1.29, 1.82) is 0 Å². The summed E-state index contributed by atoms with van der Waals surface area (Å²) in [5, 5.41) is 0. The Balaban J connectivity index is 3.39. The first-order chi connectivity index (χ1) is 6.56. The molecule has 0 rings (SSSR count). The second-order valence-corrected chi connectivity index (χ2v) is 11.6. The van der Waals surface area contributed by atoms with Crippen LogP contribution in [-0.2, 0) is 9.53 Å². The predicted molar refractivity (Wildman–Crippen MR) is 77.4 cm³/mol. The molecular weight excluding hydrogens is 422 g/mol. The first-order valence-corrected chi connectivity index (χ1v) is 8.18. The maximum absolute atomic E-state index is 10.8. The van der Waals surface area contributed by atoms with E-state index in [1.807, 2.05) is 6.92 Å². The third kappa shape index (κ3) is 9.44. The number of esters is 1. The molecule has 2 nitrogen and oxygen atoms in total. The van der Waals surface area contributed by atoms with E-state index in [4.69, 9.17) is 4.74 Å². The van der Waals surface area contributed by atoms with Gasteiger partial charge in [0, 0.05) is 6.08 Å². The number of hydrogen-bond acceptors (Lipinski definition) is 2. The van der Waals surface area contributed by atoms with Crippen molar-refractivity contribution in [3.8, 4) is 0 Å². The summed E-state index contributed by atoms with van der Waals surface area (Å²) < 4.78 is 5.78. The number of alkyl halides is 2. The van der Waals surface area contributed by atoms with E-state index in [9.17, 15) is 4.79 Å². The van der Waals surface area contributed by atoms with Crippen LogP contribution in [0.25, 0.3) is 0 Å². The van der Waals surface area contributed by atoms with E-state index in [0.29, 0.717) is 0 Å². The van der Waals surface area contributed by atoms with Crippen LogP contribution in [0.5, 0.6) is 0 Å². The van der Waals surface area contributed by atoms with Gasteiger partial charge in [-0.15, -0.1) is 0 Å². The number of halogens is 2. The molecule has 0 N–H and O–H groups in total. The van der Waals surface area contributed by atoms with Crippen LogP contribution >= 0.6 is 45.2 Å². The third-order valence-corrected chi connectivity index (χ3v) is 5.16. The molecule has 80 valence electrons. The summed E-state index contributed by atoms with van der Waals surface area (Å²) in [4.78, 5) is 10.8. The zero-order chi connectivity index (χ0) is 11.0. The Morgan fingerprint density at radius 3 is 2.79 bits per heavy atom. The molecule has 0 heterocycles. The molecule has 0 aliphatic rings. The monoisotopic (exact) mass is 436 g/mol. The SMILES string of the molecule is C=CC(=O)OC(C)CCC[Si]C(I)I. The number of ether oxygens (including phenoxy) is 1. The Hall–Kier alpha value is 0.887. The molecule has 0 aromatic rings. The highest BCUT2D eigenvalue weighted by atomic mass is 127. The second-order valence-electron chi connectivity index (χ2n) is 2.85. The van der Waals surface area contributed by atoms with Crippen LogP contribution in [0.1, 0.15) is 19.8 Å². The van der Waals surface area contributed by atoms with Crippen molar-refractivity contribution in [2.45, 2.75) is 33.5 Å². The Morgan fingerprint density at radius 1 is 1.64 bits per heavy atom. The van der Waals surface area contributed by atoms with E-state index < -0.39 is 0 Å². The maximum atomic E-state index is 10.8. The van der Waals surface area contributed by atoms with Crippen molar-refractivity contribution >= 4 is 60.7 Å². The molecular formula is C9H14I2O2Si. The van der Waals surface area contributed by atoms with Crippen molar-refractivity contribution in [2.24, 2.45) is 0 Å². The first-order valence-electron chi connectivity index (χ1n) is 4.41. The van der Waals surface area contributed by atoms with Crippen LogP contribution < -0.4 is 0 Å². The van der Waals surface area contributed by atoms with Crippen LogP contribution in [0.3, 0.4) is 0 Å². The fourth-order valence-corrected chi connectivity index (χ4v) is 3.40. The molecule has 0 spiro atoms. The van der Waals surface area contributed by atoms with Crippen LogP contribution in [0.4, 0.5) is 0 Å². The van der Waals surface area contributed by atoms with E-state index in [0.717, 1.165) is 23.9 Å². The lowest BCUT2D eigenvalue weighted by atomic mass is 10.2. The van der Waals surface area contributed by atoms with Gasteiger partial charge in [-0.05, 0) is 13.3 Å². The lowest BCUT2D eigenvalue weighted by molar-refractivity contribution is -0.142. The molecule has 1 atom stereocenters. The van der Waals surface area contributed by atoms with Gasteiger partial charge in [0.05, 0.1) is 17.2 Å². The molecule has 14 heavy (non-hydrogen) atoms. The standard InChI is InChI=1S/C9H14I2O2Si/c1-3-8(12)13-7(2)5-4-6-14-9(10)11/h3,7,9H,1,4-6H2,2H3. The van der Waals surface area contributed by atoms with Gasteiger partial charge in [-0.1, -0.05) is 64.2 Å². The van der Waals surface area contributed by atoms with E-state index in [1.54, 1.807) is 0 Å². The quantitative estimate of drug-likeness (QED) is 0.153. The molecule has 0 aromatic carbocycles. The molecule has 0 fully saturated rings. The van der Waals surface area contributed by atoms with Crippen molar-refractivity contribution in [2.75, 3.05) is 0 Å². The summed E-state index contributed by atoms with van der Waals surface area (Å²) in [5.74, 6) is -0.319. The molecule has 0 aliphatic heterocycles. The van der Waals surface area contributed by atoms with Gasteiger partial charge in [0.1, 0.15) is 0 Å². The number of hydrogen-bond donors (Lipinski definition) is 0. The van der Waals surface area contributed by atoms with Crippen molar-refractivity contribution in [3.63, 3.8) is 0 Å². The van der Waals surface area contributed by atoms with Crippen LogP contribution in [0, 0.1) is 0 Å². The van der Waals surface area contributed by atoms with E-state index in [1.165, 1.54) is 12.1 Å². The van der Waals surface area contributed by atoms with Gasteiger partial charge in [0.25, 0.3) is 0 Å². The van der Waals surface area contributed by atoms with Gasteiger partial charge in [0.2, 0.25) is 0 Å². The molecule has 5 heteroatoms. The third-order valence-electron chi connectivity index (χ3n) is 1.57. The lowest BCUT2D eigenvalue weighted by Crippen LogP contribution is -2.13. The minimum atomic E-state index is -0.319. The molecule has 0 bridgehead atoms. The van der Waals surface area contributed by atoms with Gasteiger partial charge in [0.15, 0.2) is 0 Å².